The zero-order chi connectivity index (χ0) is 15.9. The van der Waals surface area contributed by atoms with E-state index in [1.54, 1.807) is 48.5 Å². The van der Waals surface area contributed by atoms with E-state index in [-0.39, 0.29) is 12.5 Å². The van der Waals surface area contributed by atoms with Crippen LogP contribution >= 0.6 is 0 Å². The molecule has 0 aromatic heterocycles. The highest BCUT2D eigenvalue weighted by Crippen LogP contribution is 2.14. The molecule has 0 saturated carbocycles. The third kappa shape index (κ3) is 3.84. The molecule has 2 amide bonds. The van der Waals surface area contributed by atoms with Gasteiger partial charge in [-0.25, -0.2) is 0 Å². The van der Waals surface area contributed by atoms with Crippen LogP contribution < -0.4 is 16.4 Å². The molecule has 0 saturated heterocycles. The van der Waals surface area contributed by atoms with Crippen molar-refractivity contribution in [3.8, 4) is 6.07 Å². The summed E-state index contributed by atoms with van der Waals surface area (Å²) in [5, 5.41) is 14.3. The minimum Gasteiger partial charge on any atom is -0.376 e. The summed E-state index contributed by atoms with van der Waals surface area (Å²) in [6.45, 7) is -0.0267. The number of primary amides is 1. The van der Waals surface area contributed by atoms with Crippen molar-refractivity contribution in [1.82, 2.24) is 0 Å². The third-order valence-corrected chi connectivity index (χ3v) is 2.91. The lowest BCUT2D eigenvalue weighted by Crippen LogP contribution is -2.23. The number of benzene rings is 2. The van der Waals surface area contributed by atoms with Gasteiger partial charge in [0.2, 0.25) is 5.91 Å². The predicted molar refractivity (Wildman–Crippen MR) is 83.2 cm³/mol. The van der Waals surface area contributed by atoms with E-state index in [1.807, 2.05) is 6.07 Å². The Balaban J connectivity index is 1.99. The summed E-state index contributed by atoms with van der Waals surface area (Å²) in [5.74, 6) is -0.861. The van der Waals surface area contributed by atoms with Crippen LogP contribution in [0, 0.1) is 11.3 Å². The van der Waals surface area contributed by atoms with E-state index in [0.29, 0.717) is 22.5 Å². The molecule has 0 unspecified atom stereocenters. The lowest BCUT2D eigenvalue weighted by molar-refractivity contribution is -0.114. The maximum atomic E-state index is 11.9. The first-order chi connectivity index (χ1) is 10.6. The van der Waals surface area contributed by atoms with E-state index < -0.39 is 5.91 Å². The largest absolute Gasteiger partial charge is 0.376 e. The molecule has 0 atom stereocenters. The van der Waals surface area contributed by atoms with Gasteiger partial charge in [-0.1, -0.05) is 18.2 Å². The van der Waals surface area contributed by atoms with Crippen molar-refractivity contribution < 1.29 is 9.59 Å². The number of nitrogens with zero attached hydrogens (tertiary/aromatic N) is 1. The van der Waals surface area contributed by atoms with E-state index in [9.17, 15) is 9.59 Å². The summed E-state index contributed by atoms with van der Waals surface area (Å²) in [6.07, 6.45) is 0. The van der Waals surface area contributed by atoms with E-state index in [1.165, 1.54) is 0 Å². The molecule has 22 heavy (non-hydrogen) atoms. The van der Waals surface area contributed by atoms with Gasteiger partial charge < -0.3 is 16.4 Å². The summed E-state index contributed by atoms with van der Waals surface area (Å²) in [7, 11) is 0. The fourth-order valence-electron chi connectivity index (χ4n) is 1.90. The van der Waals surface area contributed by atoms with Crippen LogP contribution in [0.3, 0.4) is 0 Å². The van der Waals surface area contributed by atoms with Crippen LogP contribution in [0.15, 0.2) is 48.5 Å². The molecule has 0 aliphatic rings. The second kappa shape index (κ2) is 6.90. The number of nitrogens with one attached hydrogen (secondary N) is 2. The van der Waals surface area contributed by atoms with E-state index in [4.69, 9.17) is 11.0 Å². The number of carbonyl (C=O) groups is 2. The molecule has 0 aliphatic heterocycles. The highest BCUT2D eigenvalue weighted by atomic mass is 16.2. The summed E-state index contributed by atoms with van der Waals surface area (Å²) in [5.41, 5.74) is 7.08. The lowest BCUT2D eigenvalue weighted by Gasteiger charge is -2.10. The normalized spacial score (nSPS) is 9.59. The van der Waals surface area contributed by atoms with E-state index in [2.05, 4.69) is 10.6 Å². The average Bonchev–Trinajstić information content (AvgIpc) is 2.53. The van der Waals surface area contributed by atoms with Gasteiger partial charge in [0.1, 0.15) is 0 Å². The Labute approximate surface area is 127 Å². The van der Waals surface area contributed by atoms with E-state index in [0.717, 1.165) is 0 Å². The fraction of sp³-hybridized carbons (Fsp3) is 0.0625. The minimum atomic E-state index is -0.565. The number of para-hydroxylation sites is 1. The molecule has 4 N–H and O–H groups in total. The predicted octanol–water partition coefficient (Wildman–Crippen LogP) is 1.71. The number of nitrogens with two attached hydrogens (primary N) is 1. The zero-order valence-electron chi connectivity index (χ0n) is 11.7. The van der Waals surface area contributed by atoms with Crippen LogP contribution in [-0.2, 0) is 4.79 Å². The molecule has 2 rings (SSSR count). The minimum absolute atomic E-state index is 0.0267. The first kappa shape index (κ1) is 15.1. The number of nitriles is 1. The molecule has 0 heterocycles. The van der Waals surface area contributed by atoms with Crippen molar-refractivity contribution in [1.29, 1.82) is 5.26 Å². The van der Waals surface area contributed by atoms with Crippen LogP contribution in [-0.4, -0.2) is 18.4 Å². The summed E-state index contributed by atoms with van der Waals surface area (Å²) < 4.78 is 0. The van der Waals surface area contributed by atoms with Gasteiger partial charge >= 0.3 is 0 Å². The van der Waals surface area contributed by atoms with Gasteiger partial charge in [0.15, 0.2) is 0 Å². The zero-order valence-corrected chi connectivity index (χ0v) is 11.7. The second-order valence-electron chi connectivity index (χ2n) is 4.50. The number of anilines is 2. The van der Waals surface area contributed by atoms with Crippen molar-refractivity contribution in [2.24, 2.45) is 5.73 Å². The molecule has 2 aromatic rings. The molecular weight excluding hydrogens is 280 g/mol. The maximum absolute atomic E-state index is 11.9. The highest BCUT2D eigenvalue weighted by Gasteiger charge is 2.08. The Morgan fingerprint density at radius 3 is 2.64 bits per heavy atom. The Morgan fingerprint density at radius 1 is 1.14 bits per heavy atom. The standard InChI is InChI=1S/C16H14N4O2/c17-9-11-4-3-5-12(8-11)20-15(21)10-19-14-7-2-1-6-13(14)16(18)22/h1-8,19H,10H2,(H2,18,22)(H,20,21). The van der Waals surface area contributed by atoms with Crippen LogP contribution in [0.25, 0.3) is 0 Å². The number of carbonyl (C=O) groups excluding carboxylic acids is 2. The molecule has 6 heteroatoms. The first-order valence-electron chi connectivity index (χ1n) is 6.53. The SMILES string of the molecule is N#Cc1cccc(NC(=O)CNc2ccccc2C(N)=O)c1. The number of hydrogen-bond donors (Lipinski definition) is 3. The summed E-state index contributed by atoms with van der Waals surface area (Å²) in [4.78, 5) is 23.2. The van der Waals surface area contributed by atoms with Gasteiger partial charge in [-0.05, 0) is 30.3 Å². The molecule has 2 aromatic carbocycles. The monoisotopic (exact) mass is 294 g/mol. The van der Waals surface area contributed by atoms with Gasteiger partial charge in [0.05, 0.1) is 23.7 Å². The third-order valence-electron chi connectivity index (χ3n) is 2.91. The molecule has 110 valence electrons. The van der Waals surface area contributed by atoms with Crippen LogP contribution in [0.1, 0.15) is 15.9 Å². The average molecular weight is 294 g/mol. The topological polar surface area (TPSA) is 108 Å². The molecule has 0 bridgehead atoms. The number of rotatable bonds is 5. The van der Waals surface area contributed by atoms with Crippen molar-refractivity contribution in [3.05, 3.63) is 59.7 Å². The van der Waals surface area contributed by atoms with Gasteiger partial charge in [0, 0.05) is 11.4 Å². The van der Waals surface area contributed by atoms with Crippen LogP contribution in [0.4, 0.5) is 11.4 Å². The van der Waals surface area contributed by atoms with E-state index >= 15 is 0 Å². The molecule has 0 spiro atoms. The van der Waals surface area contributed by atoms with Crippen molar-refractivity contribution in [2.45, 2.75) is 0 Å². The molecule has 0 fully saturated rings. The lowest BCUT2D eigenvalue weighted by atomic mass is 10.1. The Bertz CT molecular complexity index is 750. The quantitative estimate of drug-likeness (QED) is 0.780. The van der Waals surface area contributed by atoms with Gasteiger partial charge in [-0.2, -0.15) is 5.26 Å². The highest BCUT2D eigenvalue weighted by molar-refractivity contribution is 6.00. The smallest absolute Gasteiger partial charge is 0.250 e. The Morgan fingerprint density at radius 2 is 1.91 bits per heavy atom. The summed E-state index contributed by atoms with van der Waals surface area (Å²) >= 11 is 0. The number of amides is 2. The number of hydrogen-bond acceptors (Lipinski definition) is 4. The van der Waals surface area contributed by atoms with Gasteiger partial charge in [-0.3, -0.25) is 9.59 Å². The maximum Gasteiger partial charge on any atom is 0.250 e. The Kier molecular flexibility index (Phi) is 4.73. The van der Waals surface area contributed by atoms with Crippen LogP contribution in [0.5, 0.6) is 0 Å². The molecular formula is C16H14N4O2. The Hall–Kier alpha value is -3.33. The molecule has 6 nitrogen and oxygen atoms in total. The summed E-state index contributed by atoms with van der Waals surface area (Å²) in [6, 6.07) is 15.3. The molecule has 0 aliphatic carbocycles. The van der Waals surface area contributed by atoms with Crippen LogP contribution in [0.2, 0.25) is 0 Å². The first-order valence-corrected chi connectivity index (χ1v) is 6.53. The van der Waals surface area contributed by atoms with Crippen molar-refractivity contribution in [3.63, 3.8) is 0 Å². The second-order valence-corrected chi connectivity index (χ2v) is 4.50. The fourth-order valence-corrected chi connectivity index (χ4v) is 1.90. The van der Waals surface area contributed by atoms with Gasteiger partial charge in [0.25, 0.3) is 5.91 Å². The van der Waals surface area contributed by atoms with Crippen molar-refractivity contribution in [2.75, 3.05) is 17.2 Å². The molecule has 0 radical (unpaired) electrons. The van der Waals surface area contributed by atoms with Crippen molar-refractivity contribution >= 4 is 23.2 Å². The van der Waals surface area contributed by atoms with Gasteiger partial charge in [-0.15, -0.1) is 0 Å².